The largest absolute Gasteiger partial charge is 0.294 e. The summed E-state index contributed by atoms with van der Waals surface area (Å²) in [5, 5.41) is 0. The maximum absolute atomic E-state index is 11.3. The highest BCUT2D eigenvalue weighted by Gasteiger charge is 2.18. The number of ketones is 1. The first kappa shape index (κ1) is 10.1. The van der Waals surface area contributed by atoms with E-state index in [1.54, 1.807) is 12.2 Å². The van der Waals surface area contributed by atoms with Crippen molar-refractivity contribution in [1.29, 1.82) is 0 Å². The predicted molar refractivity (Wildman–Crippen MR) is 60.7 cm³/mol. The van der Waals surface area contributed by atoms with Crippen molar-refractivity contribution in [2.45, 2.75) is 32.6 Å². The minimum Gasteiger partial charge on any atom is -0.294 e. The molecule has 1 aliphatic rings. The van der Waals surface area contributed by atoms with Crippen LogP contribution in [0.4, 0.5) is 0 Å². The van der Waals surface area contributed by atoms with Gasteiger partial charge in [-0.1, -0.05) is 26.8 Å². The Morgan fingerprint density at radius 2 is 2.00 bits per heavy atom. The van der Waals surface area contributed by atoms with E-state index in [1.165, 1.54) is 5.56 Å². The normalized spacial score (nSPS) is 15.3. The molecule has 0 unspecified atom stereocenters. The van der Waals surface area contributed by atoms with Crippen molar-refractivity contribution < 1.29 is 4.79 Å². The zero-order chi connectivity index (χ0) is 11.1. The van der Waals surface area contributed by atoms with E-state index >= 15 is 0 Å². The molecule has 0 fully saturated rings. The molecule has 0 spiro atoms. The third-order valence-electron chi connectivity index (χ3n) is 2.66. The maximum Gasteiger partial charge on any atom is 0.160 e. The molecule has 1 aromatic rings. The summed E-state index contributed by atoms with van der Waals surface area (Å²) < 4.78 is 0. The highest BCUT2D eigenvalue weighted by molar-refractivity contribution is 5.97. The van der Waals surface area contributed by atoms with Gasteiger partial charge in [0.25, 0.3) is 0 Å². The van der Waals surface area contributed by atoms with E-state index in [1.807, 2.05) is 6.20 Å². The lowest BCUT2D eigenvalue weighted by Gasteiger charge is -2.20. The molecule has 15 heavy (non-hydrogen) atoms. The molecule has 1 aromatic heterocycles. The summed E-state index contributed by atoms with van der Waals surface area (Å²) in [4.78, 5) is 15.7. The summed E-state index contributed by atoms with van der Waals surface area (Å²) >= 11 is 0. The molecule has 0 atom stereocenters. The summed E-state index contributed by atoms with van der Waals surface area (Å²) in [5.41, 5.74) is 3.26. The highest BCUT2D eigenvalue weighted by atomic mass is 16.1. The maximum atomic E-state index is 11.3. The van der Waals surface area contributed by atoms with Crippen LogP contribution in [0.2, 0.25) is 0 Å². The SMILES string of the molecule is CC(C)(C)c1cnc2c(c1)CC(=O)C=C2. The first-order valence-electron chi connectivity index (χ1n) is 5.17. The highest BCUT2D eigenvalue weighted by Crippen LogP contribution is 2.25. The molecule has 0 bridgehead atoms. The van der Waals surface area contributed by atoms with Crippen LogP contribution >= 0.6 is 0 Å². The van der Waals surface area contributed by atoms with Crippen molar-refractivity contribution in [1.82, 2.24) is 4.98 Å². The molecule has 1 heterocycles. The Balaban J connectivity index is 2.47. The molecule has 0 radical (unpaired) electrons. The average Bonchev–Trinajstić information content (AvgIpc) is 2.15. The number of carbonyl (C=O) groups excluding carboxylic acids is 1. The molecule has 2 heteroatoms. The summed E-state index contributed by atoms with van der Waals surface area (Å²) in [6, 6.07) is 2.10. The molecular weight excluding hydrogens is 186 g/mol. The van der Waals surface area contributed by atoms with Crippen LogP contribution in [0.3, 0.4) is 0 Å². The zero-order valence-corrected chi connectivity index (χ0v) is 9.37. The fraction of sp³-hybridized carbons (Fsp3) is 0.385. The Bertz CT molecular complexity index is 438. The van der Waals surface area contributed by atoms with Crippen molar-refractivity contribution in [3.8, 4) is 0 Å². The van der Waals surface area contributed by atoms with Gasteiger partial charge in [-0.05, 0) is 28.7 Å². The number of hydrogen-bond donors (Lipinski definition) is 0. The van der Waals surface area contributed by atoms with Crippen LogP contribution in [-0.4, -0.2) is 10.8 Å². The number of nitrogens with zero attached hydrogens (tertiary/aromatic N) is 1. The summed E-state index contributed by atoms with van der Waals surface area (Å²) in [7, 11) is 0. The topological polar surface area (TPSA) is 30.0 Å². The van der Waals surface area contributed by atoms with E-state index in [0.717, 1.165) is 11.3 Å². The van der Waals surface area contributed by atoms with Crippen molar-refractivity contribution in [3.05, 3.63) is 35.2 Å². The van der Waals surface area contributed by atoms with Gasteiger partial charge < -0.3 is 0 Å². The second-order valence-corrected chi connectivity index (χ2v) is 4.99. The van der Waals surface area contributed by atoms with E-state index in [-0.39, 0.29) is 11.2 Å². The molecule has 0 aromatic carbocycles. The predicted octanol–water partition coefficient (Wildman–Crippen LogP) is 2.52. The summed E-state index contributed by atoms with van der Waals surface area (Å²) in [6.07, 6.45) is 5.79. The first-order valence-corrected chi connectivity index (χ1v) is 5.17. The van der Waals surface area contributed by atoms with Crippen molar-refractivity contribution in [2.75, 3.05) is 0 Å². The van der Waals surface area contributed by atoms with Gasteiger partial charge in [0, 0.05) is 12.6 Å². The minimum absolute atomic E-state index is 0.0895. The van der Waals surface area contributed by atoms with Gasteiger partial charge in [-0.25, -0.2) is 0 Å². The Morgan fingerprint density at radius 1 is 1.27 bits per heavy atom. The smallest absolute Gasteiger partial charge is 0.160 e. The molecule has 2 nitrogen and oxygen atoms in total. The summed E-state index contributed by atoms with van der Waals surface area (Å²) in [5.74, 6) is 0.162. The summed E-state index contributed by atoms with van der Waals surface area (Å²) in [6.45, 7) is 6.45. The van der Waals surface area contributed by atoms with Crippen molar-refractivity contribution >= 4 is 11.9 Å². The lowest BCUT2D eigenvalue weighted by Crippen LogP contribution is -2.14. The quantitative estimate of drug-likeness (QED) is 0.645. The lowest BCUT2D eigenvalue weighted by atomic mass is 9.86. The molecule has 0 saturated heterocycles. The second kappa shape index (κ2) is 3.30. The Kier molecular flexibility index (Phi) is 2.22. The number of rotatable bonds is 0. The molecule has 2 rings (SSSR count). The molecule has 0 amide bonds. The zero-order valence-electron chi connectivity index (χ0n) is 9.37. The Morgan fingerprint density at radius 3 is 2.67 bits per heavy atom. The van der Waals surface area contributed by atoms with Gasteiger partial charge in [-0.3, -0.25) is 9.78 Å². The van der Waals surface area contributed by atoms with E-state index < -0.39 is 0 Å². The van der Waals surface area contributed by atoms with Gasteiger partial charge in [0.05, 0.1) is 5.69 Å². The first-order chi connectivity index (χ1) is 6.97. The Hall–Kier alpha value is -1.44. The van der Waals surface area contributed by atoms with Gasteiger partial charge >= 0.3 is 0 Å². The monoisotopic (exact) mass is 201 g/mol. The molecule has 78 valence electrons. The minimum atomic E-state index is 0.0895. The van der Waals surface area contributed by atoms with Crippen LogP contribution in [0, 0.1) is 0 Å². The number of aromatic nitrogens is 1. The Labute approximate surface area is 90.0 Å². The van der Waals surface area contributed by atoms with E-state index in [2.05, 4.69) is 31.8 Å². The second-order valence-electron chi connectivity index (χ2n) is 4.99. The van der Waals surface area contributed by atoms with Gasteiger partial charge in [0.15, 0.2) is 5.78 Å². The van der Waals surface area contributed by atoms with E-state index in [0.29, 0.717) is 6.42 Å². The molecule has 0 saturated carbocycles. The van der Waals surface area contributed by atoms with Crippen LogP contribution in [-0.2, 0) is 16.6 Å². The van der Waals surface area contributed by atoms with E-state index in [4.69, 9.17) is 0 Å². The van der Waals surface area contributed by atoms with Crippen LogP contribution in [0.5, 0.6) is 0 Å². The molecular formula is C13H15NO. The third-order valence-corrected chi connectivity index (χ3v) is 2.66. The number of hydrogen-bond acceptors (Lipinski definition) is 2. The number of fused-ring (bicyclic) bond motifs is 1. The lowest BCUT2D eigenvalue weighted by molar-refractivity contribution is -0.114. The number of carbonyl (C=O) groups is 1. The molecule has 1 aliphatic carbocycles. The number of allylic oxidation sites excluding steroid dienone is 1. The van der Waals surface area contributed by atoms with E-state index in [9.17, 15) is 4.79 Å². The third kappa shape index (κ3) is 1.99. The van der Waals surface area contributed by atoms with Crippen LogP contribution in [0.15, 0.2) is 18.3 Å². The fourth-order valence-corrected chi connectivity index (χ4v) is 1.64. The molecule has 0 N–H and O–H groups in total. The molecule has 0 aliphatic heterocycles. The standard InChI is InChI=1S/C13H15NO/c1-13(2,3)10-6-9-7-11(15)4-5-12(9)14-8-10/h4-6,8H,7H2,1-3H3. The van der Waals surface area contributed by atoms with Crippen LogP contribution < -0.4 is 0 Å². The van der Waals surface area contributed by atoms with Gasteiger partial charge in [0.2, 0.25) is 0 Å². The van der Waals surface area contributed by atoms with Crippen molar-refractivity contribution in [3.63, 3.8) is 0 Å². The number of pyridine rings is 1. The fourth-order valence-electron chi connectivity index (χ4n) is 1.64. The van der Waals surface area contributed by atoms with Crippen LogP contribution in [0.1, 0.15) is 37.6 Å². The average molecular weight is 201 g/mol. The van der Waals surface area contributed by atoms with Crippen molar-refractivity contribution in [2.24, 2.45) is 0 Å². The van der Waals surface area contributed by atoms with Gasteiger partial charge in [-0.2, -0.15) is 0 Å². The van der Waals surface area contributed by atoms with Gasteiger partial charge in [-0.15, -0.1) is 0 Å². The van der Waals surface area contributed by atoms with Gasteiger partial charge in [0.1, 0.15) is 0 Å². The van der Waals surface area contributed by atoms with Crippen LogP contribution in [0.25, 0.3) is 6.08 Å².